The minimum Gasteiger partial charge on any atom is -0.431 e. The third-order valence-electron chi connectivity index (χ3n) is 4.40. The number of rotatable bonds is 6. The van der Waals surface area contributed by atoms with Gasteiger partial charge in [0.05, 0.1) is 38.3 Å². The SMILES string of the molecule is O=C(OC=C(CN1CCOCC1)CN1CCOCC1)c1ccccc1. The molecule has 0 bridgehead atoms. The number of benzene rings is 1. The number of esters is 1. The van der Waals surface area contributed by atoms with Crippen LogP contribution in [0.25, 0.3) is 0 Å². The molecule has 6 nitrogen and oxygen atoms in total. The Morgan fingerprint density at radius 2 is 1.44 bits per heavy atom. The maximum Gasteiger partial charge on any atom is 0.342 e. The largest absolute Gasteiger partial charge is 0.431 e. The van der Waals surface area contributed by atoms with Gasteiger partial charge in [0.25, 0.3) is 0 Å². The minimum absolute atomic E-state index is 0.318. The molecule has 0 saturated carbocycles. The molecule has 1 aromatic rings. The van der Waals surface area contributed by atoms with E-state index in [2.05, 4.69) is 9.80 Å². The zero-order valence-corrected chi connectivity index (χ0v) is 14.6. The zero-order valence-electron chi connectivity index (χ0n) is 14.6. The van der Waals surface area contributed by atoms with Gasteiger partial charge in [-0.3, -0.25) is 9.80 Å². The van der Waals surface area contributed by atoms with Crippen molar-refractivity contribution in [1.29, 1.82) is 0 Å². The van der Waals surface area contributed by atoms with E-state index in [-0.39, 0.29) is 5.97 Å². The van der Waals surface area contributed by atoms with Crippen LogP contribution >= 0.6 is 0 Å². The van der Waals surface area contributed by atoms with Crippen LogP contribution in [0.4, 0.5) is 0 Å². The highest BCUT2D eigenvalue weighted by Gasteiger charge is 2.17. The van der Waals surface area contributed by atoms with Crippen LogP contribution in [-0.4, -0.2) is 81.5 Å². The molecule has 3 rings (SSSR count). The predicted molar refractivity (Wildman–Crippen MR) is 94.5 cm³/mol. The van der Waals surface area contributed by atoms with Gasteiger partial charge < -0.3 is 14.2 Å². The van der Waals surface area contributed by atoms with Crippen molar-refractivity contribution < 1.29 is 19.0 Å². The van der Waals surface area contributed by atoms with Gasteiger partial charge in [0.1, 0.15) is 0 Å². The molecule has 1 aromatic carbocycles. The van der Waals surface area contributed by atoms with Crippen LogP contribution < -0.4 is 0 Å². The highest BCUT2D eigenvalue weighted by molar-refractivity contribution is 5.89. The number of hydrogen-bond acceptors (Lipinski definition) is 6. The summed E-state index contributed by atoms with van der Waals surface area (Å²) >= 11 is 0. The lowest BCUT2D eigenvalue weighted by atomic mass is 10.2. The molecule has 2 aliphatic rings. The van der Waals surface area contributed by atoms with E-state index in [9.17, 15) is 4.79 Å². The van der Waals surface area contributed by atoms with Crippen LogP contribution in [0.2, 0.25) is 0 Å². The van der Waals surface area contributed by atoms with Crippen molar-refractivity contribution in [3.8, 4) is 0 Å². The Hall–Kier alpha value is -1.73. The van der Waals surface area contributed by atoms with Crippen molar-refractivity contribution >= 4 is 5.97 Å². The molecule has 2 heterocycles. The monoisotopic (exact) mass is 346 g/mol. The summed E-state index contributed by atoms with van der Waals surface area (Å²) < 4.78 is 16.3. The molecule has 2 aliphatic heterocycles. The first-order valence-electron chi connectivity index (χ1n) is 8.85. The summed E-state index contributed by atoms with van der Waals surface area (Å²) in [4.78, 5) is 16.9. The summed E-state index contributed by atoms with van der Waals surface area (Å²) in [7, 11) is 0. The van der Waals surface area contributed by atoms with E-state index in [0.717, 1.165) is 71.3 Å². The van der Waals surface area contributed by atoms with Crippen molar-refractivity contribution in [2.45, 2.75) is 0 Å². The third-order valence-corrected chi connectivity index (χ3v) is 4.40. The van der Waals surface area contributed by atoms with Crippen LogP contribution in [0.5, 0.6) is 0 Å². The van der Waals surface area contributed by atoms with E-state index in [1.54, 1.807) is 18.4 Å². The topological polar surface area (TPSA) is 51.2 Å². The Balaban J connectivity index is 1.62. The standard InChI is InChI=1S/C19H26N2O4/c22-19(18-4-2-1-3-5-18)25-16-17(14-20-6-10-23-11-7-20)15-21-8-12-24-13-9-21/h1-5,16H,6-15H2. The molecule has 2 fully saturated rings. The maximum absolute atomic E-state index is 12.2. The number of ether oxygens (including phenoxy) is 3. The van der Waals surface area contributed by atoms with Crippen LogP contribution in [-0.2, 0) is 14.2 Å². The third kappa shape index (κ3) is 5.93. The Bertz CT molecular complexity index is 542. The highest BCUT2D eigenvalue weighted by atomic mass is 16.5. The summed E-state index contributed by atoms with van der Waals surface area (Å²) in [6.45, 7) is 8.26. The fourth-order valence-electron chi connectivity index (χ4n) is 3.00. The first-order chi connectivity index (χ1) is 12.3. The number of carbonyl (C=O) groups is 1. The molecule has 0 aliphatic carbocycles. The summed E-state index contributed by atoms with van der Waals surface area (Å²) in [5, 5.41) is 0. The molecule has 0 unspecified atom stereocenters. The molecule has 0 amide bonds. The summed E-state index contributed by atoms with van der Waals surface area (Å²) in [6, 6.07) is 9.08. The van der Waals surface area contributed by atoms with E-state index in [1.807, 2.05) is 18.2 Å². The molecule has 2 saturated heterocycles. The molecule has 0 aromatic heterocycles. The summed E-state index contributed by atoms with van der Waals surface area (Å²) in [5.41, 5.74) is 1.67. The minimum atomic E-state index is -0.318. The van der Waals surface area contributed by atoms with E-state index in [0.29, 0.717) is 5.56 Å². The van der Waals surface area contributed by atoms with Gasteiger partial charge in [-0.15, -0.1) is 0 Å². The first kappa shape index (κ1) is 18.1. The van der Waals surface area contributed by atoms with Crippen molar-refractivity contribution in [3.63, 3.8) is 0 Å². The van der Waals surface area contributed by atoms with Crippen LogP contribution in [0.1, 0.15) is 10.4 Å². The number of morpholine rings is 2. The van der Waals surface area contributed by atoms with Crippen molar-refractivity contribution in [3.05, 3.63) is 47.7 Å². The normalized spacial score (nSPS) is 19.4. The van der Waals surface area contributed by atoms with Gasteiger partial charge in [-0.05, 0) is 17.7 Å². The smallest absolute Gasteiger partial charge is 0.342 e. The fourth-order valence-corrected chi connectivity index (χ4v) is 3.00. The lowest BCUT2D eigenvalue weighted by molar-refractivity contribution is 0.0328. The van der Waals surface area contributed by atoms with Crippen LogP contribution in [0.15, 0.2) is 42.2 Å². The predicted octanol–water partition coefficient (Wildman–Crippen LogP) is 1.39. The van der Waals surface area contributed by atoms with Gasteiger partial charge in [-0.25, -0.2) is 4.79 Å². The van der Waals surface area contributed by atoms with E-state index < -0.39 is 0 Å². The van der Waals surface area contributed by atoms with Crippen molar-refractivity contribution in [1.82, 2.24) is 9.80 Å². The van der Waals surface area contributed by atoms with Crippen LogP contribution in [0.3, 0.4) is 0 Å². The molecule has 25 heavy (non-hydrogen) atoms. The lowest BCUT2D eigenvalue weighted by Crippen LogP contribution is -2.41. The number of carbonyl (C=O) groups excluding carboxylic acids is 1. The van der Waals surface area contributed by atoms with E-state index in [1.165, 1.54) is 0 Å². The van der Waals surface area contributed by atoms with Gasteiger partial charge in [0.15, 0.2) is 0 Å². The fraction of sp³-hybridized carbons (Fsp3) is 0.526. The summed E-state index contributed by atoms with van der Waals surface area (Å²) in [6.07, 6.45) is 1.64. The maximum atomic E-state index is 12.2. The van der Waals surface area contributed by atoms with Crippen molar-refractivity contribution in [2.24, 2.45) is 0 Å². The van der Waals surface area contributed by atoms with Gasteiger partial charge in [0.2, 0.25) is 0 Å². The molecule has 0 N–H and O–H groups in total. The average Bonchev–Trinajstić information content (AvgIpc) is 2.68. The second-order valence-corrected chi connectivity index (χ2v) is 6.32. The number of hydrogen-bond donors (Lipinski definition) is 0. The second-order valence-electron chi connectivity index (χ2n) is 6.32. The summed E-state index contributed by atoms with van der Waals surface area (Å²) in [5.74, 6) is -0.318. The Labute approximate surface area is 148 Å². The van der Waals surface area contributed by atoms with Crippen LogP contribution in [0, 0.1) is 0 Å². The Kier molecular flexibility index (Phi) is 6.99. The second kappa shape index (κ2) is 9.68. The zero-order chi connectivity index (χ0) is 17.3. The molecule has 0 atom stereocenters. The Morgan fingerprint density at radius 1 is 0.920 bits per heavy atom. The van der Waals surface area contributed by atoms with Gasteiger partial charge >= 0.3 is 5.97 Å². The first-order valence-corrected chi connectivity index (χ1v) is 8.85. The van der Waals surface area contributed by atoms with E-state index in [4.69, 9.17) is 14.2 Å². The molecule has 0 radical (unpaired) electrons. The van der Waals surface area contributed by atoms with Gasteiger partial charge in [-0.1, -0.05) is 18.2 Å². The quantitative estimate of drug-likeness (QED) is 0.573. The molecule has 136 valence electrons. The number of nitrogens with zero attached hydrogens (tertiary/aromatic N) is 2. The highest BCUT2D eigenvalue weighted by Crippen LogP contribution is 2.09. The molecular formula is C19H26N2O4. The average molecular weight is 346 g/mol. The molecular weight excluding hydrogens is 320 g/mol. The molecule has 6 heteroatoms. The van der Waals surface area contributed by atoms with E-state index >= 15 is 0 Å². The lowest BCUT2D eigenvalue weighted by Gasteiger charge is -2.31. The Morgan fingerprint density at radius 3 is 1.96 bits per heavy atom. The van der Waals surface area contributed by atoms with Gasteiger partial charge in [-0.2, -0.15) is 0 Å². The molecule has 0 spiro atoms. The van der Waals surface area contributed by atoms with Crippen molar-refractivity contribution in [2.75, 3.05) is 65.7 Å². The van der Waals surface area contributed by atoms with Gasteiger partial charge in [0, 0.05) is 39.3 Å².